The van der Waals surface area contributed by atoms with E-state index in [0.29, 0.717) is 5.92 Å². The van der Waals surface area contributed by atoms with Gasteiger partial charge in [0.05, 0.1) is 0 Å². The van der Waals surface area contributed by atoms with E-state index in [4.69, 9.17) is 11.6 Å². The molecule has 0 saturated carbocycles. The van der Waals surface area contributed by atoms with Crippen LogP contribution < -0.4 is 5.32 Å². The van der Waals surface area contributed by atoms with Crippen LogP contribution in [0.4, 0.5) is 0 Å². The summed E-state index contributed by atoms with van der Waals surface area (Å²) in [6.07, 6.45) is 2.22. The van der Waals surface area contributed by atoms with E-state index in [1.807, 2.05) is 18.2 Å². The lowest BCUT2D eigenvalue weighted by molar-refractivity contribution is -0.115. The number of carbonyl (C=O) groups excluding carboxylic acids is 1. The molecule has 0 radical (unpaired) electrons. The van der Waals surface area contributed by atoms with Crippen LogP contribution in [0.2, 0.25) is 5.02 Å². The number of benzene rings is 1. The first-order chi connectivity index (χ1) is 10.2. The van der Waals surface area contributed by atoms with Crippen LogP contribution in [0.1, 0.15) is 25.3 Å². The van der Waals surface area contributed by atoms with Gasteiger partial charge in [-0.3, -0.25) is 9.69 Å². The SMILES string of the molecule is CC#CC(=O)NCC1CCN(Cc2cccc(Cl)c2)CC1. The first kappa shape index (κ1) is 15.9. The molecule has 1 aliphatic rings. The summed E-state index contributed by atoms with van der Waals surface area (Å²) in [5.74, 6) is 5.51. The van der Waals surface area contributed by atoms with Gasteiger partial charge in [-0.1, -0.05) is 29.7 Å². The molecule has 1 N–H and O–H groups in total. The van der Waals surface area contributed by atoms with Crippen molar-refractivity contribution in [3.63, 3.8) is 0 Å². The minimum absolute atomic E-state index is 0.168. The number of hydrogen-bond donors (Lipinski definition) is 1. The monoisotopic (exact) mass is 304 g/mol. The fourth-order valence-electron chi connectivity index (χ4n) is 2.64. The molecule has 1 fully saturated rings. The van der Waals surface area contributed by atoms with Crippen LogP contribution in [0.15, 0.2) is 24.3 Å². The Morgan fingerprint density at radius 2 is 2.19 bits per heavy atom. The topological polar surface area (TPSA) is 32.3 Å². The molecule has 0 aromatic heterocycles. The average molecular weight is 305 g/mol. The summed E-state index contributed by atoms with van der Waals surface area (Å²) in [5, 5.41) is 3.67. The maximum absolute atomic E-state index is 11.3. The zero-order valence-corrected chi connectivity index (χ0v) is 13.1. The Balaban J connectivity index is 1.73. The van der Waals surface area contributed by atoms with Crippen LogP contribution in [0.25, 0.3) is 0 Å². The molecule has 0 spiro atoms. The first-order valence-electron chi connectivity index (χ1n) is 7.35. The van der Waals surface area contributed by atoms with Crippen LogP contribution in [0, 0.1) is 17.8 Å². The molecular formula is C17H21ClN2O. The van der Waals surface area contributed by atoms with Crippen LogP contribution >= 0.6 is 11.6 Å². The summed E-state index contributed by atoms with van der Waals surface area (Å²) in [5.41, 5.74) is 1.26. The highest BCUT2D eigenvalue weighted by Gasteiger charge is 2.19. The standard InChI is InChI=1S/C17H21ClN2O/c1-2-4-17(21)19-12-14-7-9-20(10-8-14)13-15-5-3-6-16(18)11-15/h3,5-6,11,14H,7-10,12-13H2,1H3,(H,19,21). The van der Waals surface area contributed by atoms with Gasteiger partial charge in [-0.25, -0.2) is 0 Å². The quantitative estimate of drug-likeness (QED) is 0.868. The first-order valence-corrected chi connectivity index (χ1v) is 7.72. The zero-order valence-electron chi connectivity index (χ0n) is 12.4. The lowest BCUT2D eigenvalue weighted by atomic mass is 9.96. The summed E-state index contributed by atoms with van der Waals surface area (Å²) in [6.45, 7) is 5.48. The Hall–Kier alpha value is -1.50. The molecule has 1 amide bonds. The van der Waals surface area contributed by atoms with E-state index in [1.165, 1.54) is 5.56 Å². The maximum atomic E-state index is 11.3. The summed E-state index contributed by atoms with van der Waals surface area (Å²) < 4.78 is 0. The number of carbonyl (C=O) groups is 1. The minimum atomic E-state index is -0.168. The predicted octanol–water partition coefficient (Wildman–Crippen LogP) is 2.69. The van der Waals surface area contributed by atoms with Gasteiger partial charge in [-0.2, -0.15) is 0 Å². The van der Waals surface area contributed by atoms with E-state index in [-0.39, 0.29) is 5.91 Å². The molecule has 1 aromatic carbocycles. The molecular weight excluding hydrogens is 284 g/mol. The van der Waals surface area contributed by atoms with Crippen molar-refractivity contribution in [3.8, 4) is 11.8 Å². The molecule has 21 heavy (non-hydrogen) atoms. The van der Waals surface area contributed by atoms with Gasteiger partial charge in [-0.05, 0) is 62.4 Å². The summed E-state index contributed by atoms with van der Waals surface area (Å²) in [6, 6.07) is 8.03. The fourth-order valence-corrected chi connectivity index (χ4v) is 2.85. The van der Waals surface area contributed by atoms with Crippen molar-refractivity contribution in [2.24, 2.45) is 5.92 Å². The number of nitrogens with one attached hydrogen (secondary N) is 1. The summed E-state index contributed by atoms with van der Waals surface area (Å²) >= 11 is 6.01. The van der Waals surface area contributed by atoms with Gasteiger partial charge in [-0.15, -0.1) is 0 Å². The smallest absolute Gasteiger partial charge is 0.295 e. The van der Waals surface area contributed by atoms with Gasteiger partial charge in [0.1, 0.15) is 0 Å². The third kappa shape index (κ3) is 5.41. The average Bonchev–Trinajstić information content (AvgIpc) is 2.47. The number of hydrogen-bond acceptors (Lipinski definition) is 2. The van der Waals surface area contributed by atoms with Gasteiger partial charge in [0.15, 0.2) is 0 Å². The molecule has 0 atom stereocenters. The maximum Gasteiger partial charge on any atom is 0.295 e. The normalized spacial score (nSPS) is 16.1. The molecule has 0 aliphatic carbocycles. The van der Waals surface area contributed by atoms with E-state index in [0.717, 1.165) is 44.0 Å². The van der Waals surface area contributed by atoms with Crippen molar-refractivity contribution in [1.29, 1.82) is 0 Å². The molecule has 0 bridgehead atoms. The van der Waals surface area contributed by atoms with Crippen LogP contribution in [0.5, 0.6) is 0 Å². The zero-order chi connectivity index (χ0) is 15.1. The lowest BCUT2D eigenvalue weighted by Crippen LogP contribution is -2.38. The molecule has 1 aliphatic heterocycles. The van der Waals surface area contributed by atoms with E-state index >= 15 is 0 Å². The van der Waals surface area contributed by atoms with Gasteiger partial charge in [0.25, 0.3) is 5.91 Å². The van der Waals surface area contributed by atoms with E-state index in [1.54, 1.807) is 6.92 Å². The van der Waals surface area contributed by atoms with Crippen molar-refractivity contribution in [3.05, 3.63) is 34.9 Å². The van der Waals surface area contributed by atoms with Gasteiger partial charge < -0.3 is 5.32 Å². The predicted molar refractivity (Wildman–Crippen MR) is 85.9 cm³/mol. The van der Waals surface area contributed by atoms with Crippen molar-refractivity contribution in [2.75, 3.05) is 19.6 Å². The molecule has 2 rings (SSSR count). The fraction of sp³-hybridized carbons (Fsp3) is 0.471. The van der Waals surface area contributed by atoms with Gasteiger partial charge >= 0.3 is 0 Å². The second kappa shape index (κ2) is 8.07. The highest BCUT2D eigenvalue weighted by Crippen LogP contribution is 2.19. The summed E-state index contributed by atoms with van der Waals surface area (Å²) in [4.78, 5) is 13.8. The largest absolute Gasteiger partial charge is 0.345 e. The number of nitrogens with zero attached hydrogens (tertiary/aromatic N) is 1. The van der Waals surface area contributed by atoms with Crippen molar-refractivity contribution in [1.82, 2.24) is 10.2 Å². The number of likely N-dealkylation sites (tertiary alicyclic amines) is 1. The highest BCUT2D eigenvalue weighted by atomic mass is 35.5. The van der Waals surface area contributed by atoms with Gasteiger partial charge in [0.2, 0.25) is 0 Å². The number of amides is 1. The second-order valence-electron chi connectivity index (χ2n) is 5.43. The Morgan fingerprint density at radius 1 is 1.43 bits per heavy atom. The molecule has 1 heterocycles. The number of rotatable bonds is 4. The summed E-state index contributed by atoms with van der Waals surface area (Å²) in [7, 11) is 0. The molecule has 4 heteroatoms. The third-order valence-corrected chi connectivity index (χ3v) is 4.03. The Kier molecular flexibility index (Phi) is 6.10. The number of halogens is 1. The second-order valence-corrected chi connectivity index (χ2v) is 5.87. The van der Waals surface area contributed by atoms with E-state index in [2.05, 4.69) is 28.1 Å². The Morgan fingerprint density at radius 3 is 2.86 bits per heavy atom. The lowest BCUT2D eigenvalue weighted by Gasteiger charge is -2.31. The van der Waals surface area contributed by atoms with Gasteiger partial charge in [0, 0.05) is 18.1 Å². The molecule has 1 aromatic rings. The molecule has 1 saturated heterocycles. The van der Waals surface area contributed by atoms with Crippen molar-refractivity contribution >= 4 is 17.5 Å². The van der Waals surface area contributed by atoms with E-state index in [9.17, 15) is 4.79 Å². The van der Waals surface area contributed by atoms with E-state index < -0.39 is 0 Å². The molecule has 3 nitrogen and oxygen atoms in total. The van der Waals surface area contributed by atoms with Crippen LogP contribution in [-0.2, 0) is 11.3 Å². The minimum Gasteiger partial charge on any atom is -0.345 e. The van der Waals surface area contributed by atoms with Crippen molar-refractivity contribution < 1.29 is 4.79 Å². The van der Waals surface area contributed by atoms with Crippen LogP contribution in [0.3, 0.4) is 0 Å². The molecule has 112 valence electrons. The highest BCUT2D eigenvalue weighted by molar-refractivity contribution is 6.30. The van der Waals surface area contributed by atoms with Crippen molar-refractivity contribution in [2.45, 2.75) is 26.3 Å². The number of piperidine rings is 1. The van der Waals surface area contributed by atoms with Crippen LogP contribution in [-0.4, -0.2) is 30.4 Å². The third-order valence-electron chi connectivity index (χ3n) is 3.79. The Bertz CT molecular complexity index is 539. The molecule has 0 unspecified atom stereocenters. The Labute approximate surface area is 131 Å².